The Bertz CT molecular complexity index is 643. The maximum Gasteiger partial charge on any atom is 0.330 e. The van der Waals surface area contributed by atoms with Crippen LogP contribution in [0.15, 0.2) is 9.59 Å². The zero-order valence-corrected chi connectivity index (χ0v) is 12.5. The van der Waals surface area contributed by atoms with E-state index in [0.29, 0.717) is 6.54 Å². The molecule has 116 valence electrons. The zero-order chi connectivity index (χ0) is 15.6. The van der Waals surface area contributed by atoms with Gasteiger partial charge < -0.3 is 10.6 Å². The predicted octanol–water partition coefficient (Wildman–Crippen LogP) is 0.682. The van der Waals surface area contributed by atoms with Crippen LogP contribution < -0.4 is 21.9 Å². The summed E-state index contributed by atoms with van der Waals surface area (Å²) in [6.07, 6.45) is 4.39. The van der Waals surface area contributed by atoms with Crippen molar-refractivity contribution >= 4 is 17.4 Å². The second kappa shape index (κ2) is 6.15. The Morgan fingerprint density at radius 1 is 1.43 bits per heavy atom. The number of aromatic amines is 1. The summed E-state index contributed by atoms with van der Waals surface area (Å²) in [5.74, 6) is -0.0867. The molecule has 1 amide bonds. The maximum absolute atomic E-state index is 12.3. The van der Waals surface area contributed by atoms with Gasteiger partial charge in [-0.2, -0.15) is 0 Å². The summed E-state index contributed by atoms with van der Waals surface area (Å²) in [4.78, 5) is 39.7. The SMILES string of the molecule is CCCCn1c(N)c(N(C)C(=O)C2CCC2)c(=O)[nH]c1=O. The van der Waals surface area contributed by atoms with Crippen molar-refractivity contribution in [1.82, 2.24) is 9.55 Å². The van der Waals surface area contributed by atoms with Crippen molar-refractivity contribution in [3.05, 3.63) is 20.8 Å². The summed E-state index contributed by atoms with van der Waals surface area (Å²) in [6.45, 7) is 2.43. The standard InChI is InChI=1S/C14H22N4O3/c1-3-4-8-18-11(15)10(12(19)16-14(18)21)17(2)13(20)9-6-5-7-9/h9H,3-8,15H2,1-2H3,(H,16,19,21). The minimum atomic E-state index is -0.611. The molecule has 0 aromatic carbocycles. The highest BCUT2D eigenvalue weighted by Gasteiger charge is 2.30. The maximum atomic E-state index is 12.3. The first-order valence-corrected chi connectivity index (χ1v) is 7.37. The number of carbonyl (C=O) groups excluding carboxylic acids is 1. The molecule has 0 unspecified atom stereocenters. The van der Waals surface area contributed by atoms with Crippen molar-refractivity contribution in [2.75, 3.05) is 17.7 Å². The summed E-state index contributed by atoms with van der Waals surface area (Å²) in [5.41, 5.74) is 4.91. The normalized spacial score (nSPS) is 14.8. The average molecular weight is 294 g/mol. The Morgan fingerprint density at radius 3 is 2.62 bits per heavy atom. The average Bonchev–Trinajstić information content (AvgIpc) is 2.35. The summed E-state index contributed by atoms with van der Waals surface area (Å²) in [5, 5.41) is 0. The van der Waals surface area contributed by atoms with E-state index in [0.717, 1.165) is 32.1 Å². The van der Waals surface area contributed by atoms with Gasteiger partial charge >= 0.3 is 5.69 Å². The Kier molecular flexibility index (Phi) is 4.50. The van der Waals surface area contributed by atoms with E-state index in [4.69, 9.17) is 5.73 Å². The van der Waals surface area contributed by atoms with E-state index in [9.17, 15) is 14.4 Å². The van der Waals surface area contributed by atoms with Gasteiger partial charge in [-0.05, 0) is 19.3 Å². The van der Waals surface area contributed by atoms with Crippen LogP contribution in [0.5, 0.6) is 0 Å². The highest BCUT2D eigenvalue weighted by Crippen LogP contribution is 2.29. The number of unbranched alkanes of at least 4 members (excludes halogenated alkanes) is 1. The highest BCUT2D eigenvalue weighted by atomic mass is 16.2. The van der Waals surface area contributed by atoms with Crippen LogP contribution in [0.25, 0.3) is 0 Å². The summed E-state index contributed by atoms with van der Waals surface area (Å²) < 4.78 is 1.32. The number of nitrogens with one attached hydrogen (secondary N) is 1. The van der Waals surface area contributed by atoms with Gasteiger partial charge in [0, 0.05) is 19.5 Å². The lowest BCUT2D eigenvalue weighted by Gasteiger charge is -2.29. The highest BCUT2D eigenvalue weighted by molar-refractivity contribution is 5.96. The van der Waals surface area contributed by atoms with Gasteiger partial charge in [-0.3, -0.25) is 19.1 Å². The fourth-order valence-corrected chi connectivity index (χ4v) is 2.48. The third kappa shape index (κ3) is 2.86. The smallest absolute Gasteiger partial charge is 0.330 e. The van der Waals surface area contributed by atoms with E-state index in [-0.39, 0.29) is 23.3 Å². The second-order valence-electron chi connectivity index (χ2n) is 5.52. The molecule has 0 saturated heterocycles. The number of nitrogens with two attached hydrogens (primary N) is 1. The van der Waals surface area contributed by atoms with Crippen LogP contribution in [-0.2, 0) is 11.3 Å². The van der Waals surface area contributed by atoms with Gasteiger partial charge in [0.1, 0.15) is 5.82 Å². The zero-order valence-electron chi connectivity index (χ0n) is 12.5. The Hall–Kier alpha value is -2.05. The monoisotopic (exact) mass is 294 g/mol. The molecule has 21 heavy (non-hydrogen) atoms. The van der Waals surface area contributed by atoms with Gasteiger partial charge in [0.2, 0.25) is 5.91 Å². The third-order valence-electron chi connectivity index (χ3n) is 4.07. The Morgan fingerprint density at radius 2 is 2.10 bits per heavy atom. The van der Waals surface area contributed by atoms with E-state index in [2.05, 4.69) is 4.98 Å². The fourth-order valence-electron chi connectivity index (χ4n) is 2.48. The number of hydrogen-bond donors (Lipinski definition) is 2. The van der Waals surface area contributed by atoms with Crippen LogP contribution in [0.2, 0.25) is 0 Å². The molecule has 1 saturated carbocycles. The summed E-state index contributed by atoms with van der Waals surface area (Å²) in [7, 11) is 1.54. The van der Waals surface area contributed by atoms with Crippen molar-refractivity contribution in [1.29, 1.82) is 0 Å². The van der Waals surface area contributed by atoms with E-state index in [1.807, 2.05) is 6.92 Å². The molecule has 7 nitrogen and oxygen atoms in total. The van der Waals surface area contributed by atoms with E-state index in [1.54, 1.807) is 0 Å². The van der Waals surface area contributed by atoms with E-state index in [1.165, 1.54) is 16.5 Å². The number of anilines is 2. The number of amides is 1. The number of nitrogens with zero attached hydrogens (tertiary/aromatic N) is 2. The lowest BCUT2D eigenvalue weighted by molar-refractivity contribution is -0.124. The van der Waals surface area contributed by atoms with E-state index < -0.39 is 11.2 Å². The van der Waals surface area contributed by atoms with Crippen LogP contribution >= 0.6 is 0 Å². The number of carbonyl (C=O) groups is 1. The van der Waals surface area contributed by atoms with Crippen LogP contribution in [-0.4, -0.2) is 22.5 Å². The summed E-state index contributed by atoms with van der Waals surface area (Å²) in [6, 6.07) is 0. The van der Waals surface area contributed by atoms with Gasteiger partial charge in [-0.25, -0.2) is 4.79 Å². The molecule has 1 aliphatic rings. The van der Waals surface area contributed by atoms with Crippen LogP contribution in [0, 0.1) is 5.92 Å². The molecule has 1 aromatic heterocycles. The van der Waals surface area contributed by atoms with Gasteiger partial charge in [-0.15, -0.1) is 0 Å². The minimum Gasteiger partial charge on any atom is -0.383 e. The number of H-pyrrole nitrogens is 1. The quantitative estimate of drug-likeness (QED) is 0.833. The van der Waals surface area contributed by atoms with Gasteiger partial charge in [-0.1, -0.05) is 19.8 Å². The molecule has 0 radical (unpaired) electrons. The molecule has 1 fully saturated rings. The molecule has 0 aliphatic heterocycles. The Labute approximate surface area is 122 Å². The van der Waals surface area contributed by atoms with Gasteiger partial charge in [0.05, 0.1) is 0 Å². The van der Waals surface area contributed by atoms with Crippen molar-refractivity contribution in [2.45, 2.75) is 45.6 Å². The minimum absolute atomic E-state index is 0.0372. The number of nitrogen functional groups attached to an aromatic ring is 1. The molecule has 1 aromatic rings. The lowest BCUT2D eigenvalue weighted by atomic mass is 9.84. The number of hydrogen-bond acceptors (Lipinski definition) is 4. The molecule has 0 atom stereocenters. The van der Waals surface area contributed by atoms with Crippen molar-refractivity contribution in [2.24, 2.45) is 5.92 Å². The predicted molar refractivity (Wildman–Crippen MR) is 81.4 cm³/mol. The number of aromatic nitrogens is 2. The second-order valence-corrected chi connectivity index (χ2v) is 5.52. The first-order chi connectivity index (χ1) is 9.97. The lowest BCUT2D eigenvalue weighted by Crippen LogP contribution is -2.42. The third-order valence-corrected chi connectivity index (χ3v) is 4.07. The first-order valence-electron chi connectivity index (χ1n) is 7.37. The fraction of sp³-hybridized carbons (Fsp3) is 0.643. The molecule has 7 heteroatoms. The van der Waals surface area contributed by atoms with Crippen LogP contribution in [0.4, 0.5) is 11.5 Å². The van der Waals surface area contributed by atoms with E-state index >= 15 is 0 Å². The molecule has 1 heterocycles. The van der Waals surface area contributed by atoms with Gasteiger partial charge in [0.15, 0.2) is 5.69 Å². The molecule has 2 rings (SSSR count). The van der Waals surface area contributed by atoms with Crippen molar-refractivity contribution < 1.29 is 4.79 Å². The van der Waals surface area contributed by atoms with Crippen LogP contribution in [0.3, 0.4) is 0 Å². The van der Waals surface area contributed by atoms with Crippen molar-refractivity contribution in [3.63, 3.8) is 0 Å². The van der Waals surface area contributed by atoms with Gasteiger partial charge in [0.25, 0.3) is 5.56 Å². The van der Waals surface area contributed by atoms with Crippen LogP contribution in [0.1, 0.15) is 39.0 Å². The summed E-state index contributed by atoms with van der Waals surface area (Å²) >= 11 is 0. The molecule has 1 aliphatic carbocycles. The molecule has 0 bridgehead atoms. The number of rotatable bonds is 5. The first kappa shape index (κ1) is 15.3. The Balaban J connectivity index is 2.40. The topological polar surface area (TPSA) is 101 Å². The molecular formula is C14H22N4O3. The molecule has 3 N–H and O–H groups in total. The molecular weight excluding hydrogens is 272 g/mol. The largest absolute Gasteiger partial charge is 0.383 e. The van der Waals surface area contributed by atoms with Crippen molar-refractivity contribution in [3.8, 4) is 0 Å². The molecule has 0 spiro atoms.